The smallest absolute Gasteiger partial charge is 0.123 e. The summed E-state index contributed by atoms with van der Waals surface area (Å²) in [6, 6.07) is 18.7. The van der Waals surface area contributed by atoms with E-state index in [4.69, 9.17) is 11.6 Å². The Morgan fingerprint density at radius 1 is 0.931 bits per heavy atom. The van der Waals surface area contributed by atoms with Crippen LogP contribution < -0.4 is 10.6 Å². The van der Waals surface area contributed by atoms with Crippen LogP contribution >= 0.6 is 11.6 Å². The van der Waals surface area contributed by atoms with Gasteiger partial charge in [-0.1, -0.05) is 60.1 Å². The molecule has 0 radical (unpaired) electrons. The molecule has 5 rings (SSSR count). The second-order valence-electron chi connectivity index (χ2n) is 7.66. The molecule has 0 saturated carbocycles. The van der Waals surface area contributed by atoms with Crippen LogP contribution in [0.3, 0.4) is 0 Å². The van der Waals surface area contributed by atoms with Gasteiger partial charge in [-0.15, -0.1) is 0 Å². The molecule has 1 atom stereocenters. The summed E-state index contributed by atoms with van der Waals surface area (Å²) in [7, 11) is 0. The maximum atomic E-state index is 6.14. The van der Waals surface area contributed by atoms with E-state index in [9.17, 15) is 0 Å². The molecule has 0 aromatic heterocycles. The van der Waals surface area contributed by atoms with Gasteiger partial charge in [-0.05, 0) is 34.9 Å². The minimum absolute atomic E-state index is 0.144. The number of piperazine rings is 1. The lowest BCUT2D eigenvalue weighted by Gasteiger charge is -2.32. The Morgan fingerprint density at radius 2 is 1.69 bits per heavy atom. The van der Waals surface area contributed by atoms with Gasteiger partial charge in [0.15, 0.2) is 0 Å². The number of rotatable bonds is 4. The summed E-state index contributed by atoms with van der Waals surface area (Å²) in [5.74, 6) is 0. The second kappa shape index (κ2) is 8.07. The Balaban J connectivity index is 1.52. The monoisotopic (exact) mass is 404 g/mol. The van der Waals surface area contributed by atoms with Crippen LogP contribution in [-0.2, 0) is 0 Å². The zero-order valence-corrected chi connectivity index (χ0v) is 17.1. The normalized spacial score (nSPS) is 21.8. The molecular formula is C24H25ClN4. The minimum atomic E-state index is 0.144. The highest BCUT2D eigenvalue weighted by molar-refractivity contribution is 6.30. The molecule has 5 heteroatoms. The fraction of sp³-hybridized carbons (Fsp3) is 0.250. The van der Waals surface area contributed by atoms with Crippen LogP contribution in [-0.4, -0.2) is 48.7 Å². The maximum Gasteiger partial charge on any atom is 0.123 e. The van der Waals surface area contributed by atoms with Crippen molar-refractivity contribution in [3.63, 3.8) is 0 Å². The number of hydrogen-bond acceptors (Lipinski definition) is 4. The highest BCUT2D eigenvalue weighted by Crippen LogP contribution is 2.34. The van der Waals surface area contributed by atoms with Crippen molar-refractivity contribution in [1.29, 1.82) is 0 Å². The van der Waals surface area contributed by atoms with Crippen LogP contribution in [0.25, 0.3) is 11.3 Å². The third-order valence-corrected chi connectivity index (χ3v) is 6.00. The largest absolute Gasteiger partial charge is 0.360 e. The Bertz CT molecular complexity index is 956. The van der Waals surface area contributed by atoms with Crippen molar-refractivity contribution in [1.82, 2.24) is 20.4 Å². The van der Waals surface area contributed by atoms with E-state index in [1.807, 2.05) is 12.1 Å². The molecule has 2 N–H and O–H groups in total. The lowest BCUT2D eigenvalue weighted by molar-refractivity contribution is 0.239. The summed E-state index contributed by atoms with van der Waals surface area (Å²) in [6.45, 7) is 5.16. The van der Waals surface area contributed by atoms with Crippen LogP contribution in [0.15, 0.2) is 78.6 Å². The van der Waals surface area contributed by atoms with Gasteiger partial charge in [-0.25, -0.2) is 0 Å². The predicted octanol–water partition coefficient (Wildman–Crippen LogP) is 3.76. The van der Waals surface area contributed by atoms with Crippen molar-refractivity contribution in [2.45, 2.75) is 6.17 Å². The molecule has 2 aromatic rings. The summed E-state index contributed by atoms with van der Waals surface area (Å²) in [5.41, 5.74) is 6.16. The first-order valence-electron chi connectivity index (χ1n) is 10.2. The van der Waals surface area contributed by atoms with Crippen LogP contribution in [0.1, 0.15) is 11.1 Å². The van der Waals surface area contributed by atoms with Crippen molar-refractivity contribution in [2.75, 3.05) is 32.7 Å². The Morgan fingerprint density at radius 3 is 2.45 bits per heavy atom. The molecule has 0 aliphatic carbocycles. The number of allylic oxidation sites excluding steroid dienone is 2. The SMILES string of the molecule is Clc1ccc(C2=C(CN3CCNCC3)N3C=C(c4ccccc4)C=CC3N2)cc1. The van der Waals surface area contributed by atoms with E-state index in [2.05, 4.69) is 81.2 Å². The van der Waals surface area contributed by atoms with E-state index in [0.29, 0.717) is 0 Å². The Kier molecular flexibility index (Phi) is 5.15. The summed E-state index contributed by atoms with van der Waals surface area (Å²) in [5, 5.41) is 7.94. The third kappa shape index (κ3) is 3.84. The molecule has 3 heterocycles. The molecule has 0 amide bonds. The first kappa shape index (κ1) is 18.5. The fourth-order valence-electron chi connectivity index (χ4n) is 4.19. The molecule has 1 unspecified atom stereocenters. The number of nitrogens with one attached hydrogen (secondary N) is 2. The van der Waals surface area contributed by atoms with Gasteiger partial charge in [-0.2, -0.15) is 0 Å². The fourth-order valence-corrected chi connectivity index (χ4v) is 4.32. The topological polar surface area (TPSA) is 30.5 Å². The number of nitrogens with zero attached hydrogens (tertiary/aromatic N) is 2. The Labute approximate surface area is 177 Å². The summed E-state index contributed by atoms with van der Waals surface area (Å²) < 4.78 is 0. The molecule has 0 spiro atoms. The number of benzene rings is 2. The van der Waals surface area contributed by atoms with Crippen molar-refractivity contribution in [3.8, 4) is 0 Å². The van der Waals surface area contributed by atoms with Crippen molar-refractivity contribution in [3.05, 3.63) is 94.8 Å². The first-order valence-corrected chi connectivity index (χ1v) is 10.6. The standard InChI is InChI=1S/C24H25ClN4/c25-21-9-6-19(7-10-21)24-22(17-28-14-12-26-13-15-28)29-16-20(8-11-23(29)27-24)18-4-2-1-3-5-18/h1-11,16,23,26-27H,12-15,17H2. The van der Waals surface area contributed by atoms with Crippen molar-refractivity contribution < 1.29 is 0 Å². The first-order chi connectivity index (χ1) is 14.3. The third-order valence-electron chi connectivity index (χ3n) is 5.75. The van der Waals surface area contributed by atoms with Crippen LogP contribution in [0.5, 0.6) is 0 Å². The molecule has 148 valence electrons. The molecule has 1 saturated heterocycles. The van der Waals surface area contributed by atoms with E-state index < -0.39 is 0 Å². The van der Waals surface area contributed by atoms with Gasteiger partial charge in [-0.3, -0.25) is 4.90 Å². The minimum Gasteiger partial charge on any atom is -0.360 e. The second-order valence-corrected chi connectivity index (χ2v) is 8.10. The van der Waals surface area contributed by atoms with Gasteiger partial charge in [0.1, 0.15) is 6.17 Å². The molecule has 1 fully saturated rings. The van der Waals surface area contributed by atoms with E-state index >= 15 is 0 Å². The highest BCUT2D eigenvalue weighted by Gasteiger charge is 2.32. The van der Waals surface area contributed by atoms with Crippen molar-refractivity contribution >= 4 is 22.9 Å². The quantitative estimate of drug-likeness (QED) is 0.812. The maximum absolute atomic E-state index is 6.14. The summed E-state index contributed by atoms with van der Waals surface area (Å²) >= 11 is 6.14. The van der Waals surface area contributed by atoms with Crippen LogP contribution in [0.4, 0.5) is 0 Å². The van der Waals surface area contributed by atoms with Gasteiger partial charge in [0.25, 0.3) is 0 Å². The number of hydrogen-bond donors (Lipinski definition) is 2. The van der Waals surface area contributed by atoms with Gasteiger partial charge in [0.2, 0.25) is 0 Å². The van der Waals surface area contributed by atoms with Crippen LogP contribution in [0, 0.1) is 0 Å². The molecule has 0 bridgehead atoms. The molecule has 3 aliphatic heterocycles. The van der Waals surface area contributed by atoms with E-state index in [0.717, 1.165) is 37.7 Å². The zero-order chi connectivity index (χ0) is 19.6. The number of halogens is 1. The van der Waals surface area contributed by atoms with Gasteiger partial charge < -0.3 is 15.5 Å². The molecule has 2 aromatic carbocycles. The average molecular weight is 405 g/mol. The van der Waals surface area contributed by atoms with E-state index in [1.54, 1.807) is 0 Å². The van der Waals surface area contributed by atoms with Crippen LogP contribution in [0.2, 0.25) is 5.02 Å². The van der Waals surface area contributed by atoms with Gasteiger partial charge in [0.05, 0.1) is 11.4 Å². The molecule has 29 heavy (non-hydrogen) atoms. The van der Waals surface area contributed by atoms with Crippen molar-refractivity contribution in [2.24, 2.45) is 0 Å². The van der Waals surface area contributed by atoms with E-state index in [-0.39, 0.29) is 6.17 Å². The average Bonchev–Trinajstić information content (AvgIpc) is 3.13. The predicted molar refractivity (Wildman–Crippen MR) is 120 cm³/mol. The molecule has 4 nitrogen and oxygen atoms in total. The molecule has 3 aliphatic rings. The van der Waals surface area contributed by atoms with Gasteiger partial charge >= 0.3 is 0 Å². The Hall–Kier alpha value is -2.53. The van der Waals surface area contributed by atoms with Gasteiger partial charge in [0, 0.05) is 43.9 Å². The summed E-state index contributed by atoms with van der Waals surface area (Å²) in [4.78, 5) is 4.93. The number of fused-ring (bicyclic) bond motifs is 1. The van der Waals surface area contributed by atoms with E-state index in [1.165, 1.54) is 28.1 Å². The summed E-state index contributed by atoms with van der Waals surface area (Å²) in [6.07, 6.45) is 6.90. The zero-order valence-electron chi connectivity index (χ0n) is 16.3. The highest BCUT2D eigenvalue weighted by atomic mass is 35.5. The lowest BCUT2D eigenvalue weighted by atomic mass is 10.0. The molecular weight excluding hydrogens is 380 g/mol. The lowest BCUT2D eigenvalue weighted by Crippen LogP contribution is -2.45.